The van der Waals surface area contributed by atoms with Crippen LogP contribution in [0.1, 0.15) is 10.4 Å². The number of hydrogen-bond donors (Lipinski definition) is 1. The van der Waals surface area contributed by atoms with Crippen molar-refractivity contribution in [3.8, 4) is 16.9 Å². The van der Waals surface area contributed by atoms with Crippen LogP contribution in [0.4, 0.5) is 0 Å². The van der Waals surface area contributed by atoms with Crippen molar-refractivity contribution >= 4 is 5.91 Å². The monoisotopic (exact) mass is 318 g/mol. The Kier molecular flexibility index (Phi) is 5.20. The quantitative estimate of drug-likeness (QED) is 0.707. The summed E-state index contributed by atoms with van der Waals surface area (Å²) in [4.78, 5) is 16.4. The summed E-state index contributed by atoms with van der Waals surface area (Å²) in [5, 5.41) is 2.84. The number of pyridine rings is 1. The second kappa shape index (κ2) is 7.92. The molecule has 4 heteroatoms. The maximum Gasteiger partial charge on any atom is 0.252 e. The van der Waals surface area contributed by atoms with Crippen LogP contribution in [0, 0.1) is 0 Å². The van der Waals surface area contributed by atoms with Crippen LogP contribution in [0.25, 0.3) is 11.1 Å². The highest BCUT2D eigenvalue weighted by molar-refractivity contribution is 5.95. The lowest BCUT2D eigenvalue weighted by atomic mass is 10.1. The van der Waals surface area contributed by atoms with E-state index in [0.29, 0.717) is 18.7 Å². The Bertz CT molecular complexity index is 789. The molecule has 0 fully saturated rings. The van der Waals surface area contributed by atoms with Crippen LogP contribution in [0.5, 0.6) is 5.75 Å². The third-order valence-corrected chi connectivity index (χ3v) is 3.51. The smallest absolute Gasteiger partial charge is 0.252 e. The molecular formula is C20H18N2O2. The number of amides is 1. The van der Waals surface area contributed by atoms with Crippen molar-refractivity contribution < 1.29 is 9.53 Å². The summed E-state index contributed by atoms with van der Waals surface area (Å²) in [6, 6.07) is 21.2. The van der Waals surface area contributed by atoms with E-state index in [1.54, 1.807) is 12.4 Å². The second-order valence-electron chi connectivity index (χ2n) is 5.25. The molecule has 0 bridgehead atoms. The molecule has 120 valence electrons. The fourth-order valence-electron chi connectivity index (χ4n) is 2.30. The van der Waals surface area contributed by atoms with Crippen molar-refractivity contribution in [2.45, 2.75) is 0 Å². The fraction of sp³-hybridized carbons (Fsp3) is 0.100. The Morgan fingerprint density at radius 2 is 1.62 bits per heavy atom. The number of carbonyl (C=O) groups excluding carboxylic acids is 1. The van der Waals surface area contributed by atoms with Crippen LogP contribution in [0.3, 0.4) is 0 Å². The first-order valence-corrected chi connectivity index (χ1v) is 7.79. The molecule has 0 aliphatic carbocycles. The third-order valence-electron chi connectivity index (χ3n) is 3.51. The molecule has 0 radical (unpaired) electrons. The number of ether oxygens (including phenoxy) is 1. The minimum Gasteiger partial charge on any atom is -0.492 e. The molecule has 0 aliphatic heterocycles. The van der Waals surface area contributed by atoms with Crippen molar-refractivity contribution in [3.05, 3.63) is 84.7 Å². The predicted molar refractivity (Wildman–Crippen MR) is 93.9 cm³/mol. The Hall–Kier alpha value is -3.14. The molecule has 1 aromatic heterocycles. The molecule has 3 aromatic rings. The molecule has 1 N–H and O–H groups in total. The van der Waals surface area contributed by atoms with E-state index >= 15 is 0 Å². The largest absolute Gasteiger partial charge is 0.492 e. The maximum atomic E-state index is 12.2. The van der Waals surface area contributed by atoms with Gasteiger partial charge in [0, 0.05) is 18.0 Å². The van der Waals surface area contributed by atoms with Gasteiger partial charge in [-0.15, -0.1) is 0 Å². The van der Waals surface area contributed by atoms with E-state index in [-0.39, 0.29) is 5.91 Å². The summed E-state index contributed by atoms with van der Waals surface area (Å²) in [7, 11) is 0. The molecule has 0 saturated heterocycles. The van der Waals surface area contributed by atoms with Crippen molar-refractivity contribution in [2.24, 2.45) is 0 Å². The molecule has 3 rings (SSSR count). The SMILES string of the molecule is O=C(NCCOc1ccccc1)c1cncc(-c2ccccc2)c1. The average molecular weight is 318 g/mol. The van der Waals surface area contributed by atoms with Gasteiger partial charge in [0.15, 0.2) is 0 Å². The summed E-state index contributed by atoms with van der Waals surface area (Å²) >= 11 is 0. The van der Waals surface area contributed by atoms with E-state index < -0.39 is 0 Å². The summed E-state index contributed by atoms with van der Waals surface area (Å²) in [5.41, 5.74) is 2.49. The van der Waals surface area contributed by atoms with Gasteiger partial charge in [-0.3, -0.25) is 9.78 Å². The highest BCUT2D eigenvalue weighted by Gasteiger charge is 2.07. The summed E-state index contributed by atoms with van der Waals surface area (Å²) in [6.07, 6.45) is 3.32. The van der Waals surface area contributed by atoms with Crippen LogP contribution in [0.15, 0.2) is 79.1 Å². The lowest BCUT2D eigenvalue weighted by Crippen LogP contribution is -2.28. The molecule has 0 unspecified atom stereocenters. The zero-order chi connectivity index (χ0) is 16.6. The molecular weight excluding hydrogens is 300 g/mol. The van der Waals surface area contributed by atoms with Crippen molar-refractivity contribution in [2.75, 3.05) is 13.2 Å². The molecule has 1 heterocycles. The zero-order valence-corrected chi connectivity index (χ0v) is 13.2. The van der Waals surface area contributed by atoms with Gasteiger partial charge in [0.1, 0.15) is 12.4 Å². The van der Waals surface area contributed by atoms with Gasteiger partial charge in [-0.05, 0) is 23.8 Å². The molecule has 0 spiro atoms. The molecule has 0 atom stereocenters. The number of benzene rings is 2. The van der Waals surface area contributed by atoms with Crippen LogP contribution in [-0.4, -0.2) is 24.0 Å². The number of nitrogens with one attached hydrogen (secondary N) is 1. The highest BCUT2D eigenvalue weighted by atomic mass is 16.5. The van der Waals surface area contributed by atoms with E-state index in [9.17, 15) is 4.79 Å². The topological polar surface area (TPSA) is 51.2 Å². The summed E-state index contributed by atoms with van der Waals surface area (Å²) in [5.74, 6) is 0.636. The number of aromatic nitrogens is 1. The van der Waals surface area contributed by atoms with Gasteiger partial charge in [-0.25, -0.2) is 0 Å². The van der Waals surface area contributed by atoms with E-state index in [1.165, 1.54) is 0 Å². The lowest BCUT2D eigenvalue weighted by Gasteiger charge is -2.08. The summed E-state index contributed by atoms with van der Waals surface area (Å²) in [6.45, 7) is 0.852. The van der Waals surface area contributed by atoms with Crippen molar-refractivity contribution in [1.29, 1.82) is 0 Å². The molecule has 1 amide bonds. The summed E-state index contributed by atoms with van der Waals surface area (Å²) < 4.78 is 5.55. The maximum absolute atomic E-state index is 12.2. The van der Waals surface area contributed by atoms with Gasteiger partial charge in [0.05, 0.1) is 12.1 Å². The lowest BCUT2D eigenvalue weighted by molar-refractivity contribution is 0.0946. The number of nitrogens with zero attached hydrogens (tertiary/aromatic N) is 1. The van der Waals surface area contributed by atoms with Crippen LogP contribution in [0.2, 0.25) is 0 Å². The third kappa shape index (κ3) is 4.20. The zero-order valence-electron chi connectivity index (χ0n) is 13.2. The second-order valence-corrected chi connectivity index (χ2v) is 5.25. The minimum atomic E-state index is -0.156. The molecule has 2 aromatic carbocycles. The number of carbonyl (C=O) groups is 1. The van der Waals surface area contributed by atoms with Gasteiger partial charge in [0.25, 0.3) is 5.91 Å². The molecule has 24 heavy (non-hydrogen) atoms. The molecule has 0 aliphatic rings. The van der Waals surface area contributed by atoms with Gasteiger partial charge in [-0.1, -0.05) is 48.5 Å². The Morgan fingerprint density at radius 3 is 2.38 bits per heavy atom. The fourth-order valence-corrected chi connectivity index (χ4v) is 2.30. The average Bonchev–Trinajstić information content (AvgIpc) is 2.67. The minimum absolute atomic E-state index is 0.156. The highest BCUT2D eigenvalue weighted by Crippen LogP contribution is 2.18. The number of hydrogen-bond acceptors (Lipinski definition) is 3. The van der Waals surface area contributed by atoms with E-state index in [2.05, 4.69) is 10.3 Å². The van der Waals surface area contributed by atoms with E-state index in [4.69, 9.17) is 4.74 Å². The van der Waals surface area contributed by atoms with E-state index in [0.717, 1.165) is 16.9 Å². The van der Waals surface area contributed by atoms with Gasteiger partial charge >= 0.3 is 0 Å². The Morgan fingerprint density at radius 1 is 0.917 bits per heavy atom. The first-order valence-electron chi connectivity index (χ1n) is 7.79. The number of para-hydroxylation sites is 1. The first kappa shape index (κ1) is 15.7. The van der Waals surface area contributed by atoms with Gasteiger partial charge in [0.2, 0.25) is 0 Å². The first-order chi connectivity index (χ1) is 11.8. The Labute approximate surface area is 141 Å². The van der Waals surface area contributed by atoms with Crippen LogP contribution < -0.4 is 10.1 Å². The van der Waals surface area contributed by atoms with Crippen LogP contribution in [-0.2, 0) is 0 Å². The Balaban J connectivity index is 1.55. The van der Waals surface area contributed by atoms with Gasteiger partial charge in [-0.2, -0.15) is 0 Å². The van der Waals surface area contributed by atoms with Crippen molar-refractivity contribution in [3.63, 3.8) is 0 Å². The normalized spacial score (nSPS) is 10.2. The number of rotatable bonds is 6. The molecule has 4 nitrogen and oxygen atoms in total. The standard InChI is InChI=1S/C20H18N2O2/c23-20(22-11-12-24-19-9-5-2-6-10-19)18-13-17(14-21-15-18)16-7-3-1-4-8-16/h1-10,13-15H,11-12H2,(H,22,23). The molecule has 0 saturated carbocycles. The van der Waals surface area contributed by atoms with Gasteiger partial charge < -0.3 is 10.1 Å². The van der Waals surface area contributed by atoms with Crippen LogP contribution >= 0.6 is 0 Å². The van der Waals surface area contributed by atoms with Crippen molar-refractivity contribution in [1.82, 2.24) is 10.3 Å². The van der Waals surface area contributed by atoms with E-state index in [1.807, 2.05) is 66.7 Å². The predicted octanol–water partition coefficient (Wildman–Crippen LogP) is 3.56.